The molecule has 16 heavy (non-hydrogen) atoms. The van der Waals surface area contributed by atoms with Gasteiger partial charge in [-0.25, -0.2) is 4.68 Å². The van der Waals surface area contributed by atoms with Crippen LogP contribution in [0, 0.1) is 0 Å². The Morgan fingerprint density at radius 3 is 2.56 bits per heavy atom. The van der Waals surface area contributed by atoms with Gasteiger partial charge in [0.05, 0.1) is 17.3 Å². The Kier molecular flexibility index (Phi) is 4.46. The summed E-state index contributed by atoms with van der Waals surface area (Å²) in [5.41, 5.74) is 0.669. The van der Waals surface area contributed by atoms with Crippen LogP contribution in [0.2, 0.25) is 0 Å². The van der Waals surface area contributed by atoms with Gasteiger partial charge in [0.2, 0.25) is 0 Å². The first-order valence-corrected chi connectivity index (χ1v) is 6.09. The molecule has 0 aliphatic rings. The standard InChI is InChI=1S/C10H19BrN4O/c1-6-16-10(2,3)8(12-4)7-9(11)13-14-15(7)5/h8,12H,6H2,1-5H3. The van der Waals surface area contributed by atoms with E-state index in [1.165, 1.54) is 0 Å². The summed E-state index contributed by atoms with van der Waals surface area (Å²) in [5, 5.41) is 11.2. The van der Waals surface area contributed by atoms with E-state index in [0.717, 1.165) is 10.3 Å². The molecule has 1 N–H and O–H groups in total. The van der Waals surface area contributed by atoms with Gasteiger partial charge >= 0.3 is 0 Å². The third-order valence-electron chi connectivity index (χ3n) is 2.60. The van der Waals surface area contributed by atoms with E-state index in [9.17, 15) is 0 Å². The van der Waals surface area contributed by atoms with Gasteiger partial charge in [0.15, 0.2) is 4.60 Å². The van der Waals surface area contributed by atoms with Crippen LogP contribution in [0.3, 0.4) is 0 Å². The molecule has 1 rings (SSSR count). The lowest BCUT2D eigenvalue weighted by Gasteiger charge is -2.33. The van der Waals surface area contributed by atoms with Gasteiger partial charge in [-0.05, 0) is 43.7 Å². The molecule has 92 valence electrons. The van der Waals surface area contributed by atoms with Gasteiger partial charge in [0.25, 0.3) is 0 Å². The molecule has 0 bridgehead atoms. The smallest absolute Gasteiger partial charge is 0.153 e. The van der Waals surface area contributed by atoms with Crippen LogP contribution in [0.4, 0.5) is 0 Å². The number of hydrogen-bond donors (Lipinski definition) is 1. The van der Waals surface area contributed by atoms with Gasteiger partial charge in [0, 0.05) is 13.7 Å². The molecule has 0 saturated carbocycles. The molecule has 1 aromatic heterocycles. The van der Waals surface area contributed by atoms with Crippen molar-refractivity contribution >= 4 is 15.9 Å². The molecular weight excluding hydrogens is 272 g/mol. The lowest BCUT2D eigenvalue weighted by molar-refractivity contribution is -0.0394. The van der Waals surface area contributed by atoms with E-state index in [1.54, 1.807) is 4.68 Å². The number of nitrogens with one attached hydrogen (secondary N) is 1. The van der Waals surface area contributed by atoms with Crippen molar-refractivity contribution in [1.82, 2.24) is 20.3 Å². The minimum Gasteiger partial charge on any atom is -0.374 e. The molecule has 1 heterocycles. The highest BCUT2D eigenvalue weighted by Crippen LogP contribution is 2.31. The molecular formula is C10H19BrN4O. The average molecular weight is 291 g/mol. The van der Waals surface area contributed by atoms with Crippen molar-refractivity contribution in [1.29, 1.82) is 0 Å². The van der Waals surface area contributed by atoms with Crippen molar-refractivity contribution in [3.05, 3.63) is 10.3 Å². The number of aromatic nitrogens is 3. The van der Waals surface area contributed by atoms with Gasteiger partial charge < -0.3 is 10.1 Å². The Bertz CT molecular complexity index is 331. The lowest BCUT2D eigenvalue weighted by Crippen LogP contribution is -2.41. The van der Waals surface area contributed by atoms with Gasteiger partial charge in [0.1, 0.15) is 0 Å². The predicted molar refractivity (Wildman–Crippen MR) is 66.2 cm³/mol. The largest absolute Gasteiger partial charge is 0.374 e. The molecule has 0 radical (unpaired) electrons. The maximum Gasteiger partial charge on any atom is 0.153 e. The van der Waals surface area contributed by atoms with Crippen molar-refractivity contribution in [2.75, 3.05) is 13.7 Å². The Labute approximate surface area is 105 Å². The maximum absolute atomic E-state index is 5.76. The number of likely N-dealkylation sites (N-methyl/N-ethyl adjacent to an activating group) is 1. The van der Waals surface area contributed by atoms with Crippen molar-refractivity contribution < 1.29 is 4.74 Å². The van der Waals surface area contributed by atoms with Crippen molar-refractivity contribution in [3.63, 3.8) is 0 Å². The summed E-state index contributed by atoms with van der Waals surface area (Å²) in [7, 11) is 3.78. The highest BCUT2D eigenvalue weighted by molar-refractivity contribution is 9.10. The zero-order valence-electron chi connectivity index (χ0n) is 10.4. The van der Waals surface area contributed by atoms with E-state index in [0.29, 0.717) is 6.61 Å². The zero-order chi connectivity index (χ0) is 12.3. The third kappa shape index (κ3) is 2.61. The maximum atomic E-state index is 5.76. The third-order valence-corrected chi connectivity index (χ3v) is 3.17. The van der Waals surface area contributed by atoms with Crippen LogP contribution in [-0.4, -0.2) is 34.2 Å². The van der Waals surface area contributed by atoms with Gasteiger partial charge in [-0.15, -0.1) is 5.10 Å². The van der Waals surface area contributed by atoms with Crippen LogP contribution in [0.1, 0.15) is 32.5 Å². The van der Waals surface area contributed by atoms with Crippen LogP contribution >= 0.6 is 15.9 Å². The van der Waals surface area contributed by atoms with E-state index >= 15 is 0 Å². The summed E-state index contributed by atoms with van der Waals surface area (Å²) in [4.78, 5) is 0. The molecule has 1 aromatic rings. The van der Waals surface area contributed by atoms with Crippen LogP contribution < -0.4 is 5.32 Å². The average Bonchev–Trinajstić information content (AvgIpc) is 2.50. The van der Waals surface area contributed by atoms with Crippen LogP contribution in [-0.2, 0) is 11.8 Å². The van der Waals surface area contributed by atoms with Crippen molar-refractivity contribution in [3.8, 4) is 0 Å². The molecule has 6 heteroatoms. The molecule has 0 fully saturated rings. The Balaban J connectivity index is 3.07. The summed E-state index contributed by atoms with van der Waals surface area (Å²) in [6.45, 7) is 6.77. The van der Waals surface area contributed by atoms with Crippen LogP contribution in [0.15, 0.2) is 4.60 Å². The fraction of sp³-hybridized carbons (Fsp3) is 0.800. The summed E-state index contributed by atoms with van der Waals surface area (Å²) >= 11 is 3.41. The number of rotatable bonds is 5. The second kappa shape index (κ2) is 5.25. The summed E-state index contributed by atoms with van der Waals surface area (Å²) in [5.74, 6) is 0. The predicted octanol–water partition coefficient (Wildman–Crippen LogP) is 1.65. The quantitative estimate of drug-likeness (QED) is 0.896. The number of nitrogens with zero attached hydrogens (tertiary/aromatic N) is 3. The molecule has 1 unspecified atom stereocenters. The van der Waals surface area contributed by atoms with E-state index in [-0.39, 0.29) is 11.6 Å². The van der Waals surface area contributed by atoms with Crippen LogP contribution in [0.25, 0.3) is 0 Å². The zero-order valence-corrected chi connectivity index (χ0v) is 12.0. The summed E-state index contributed by atoms with van der Waals surface area (Å²) in [6.07, 6.45) is 0. The van der Waals surface area contributed by atoms with Gasteiger partial charge in [-0.3, -0.25) is 0 Å². The minimum absolute atomic E-state index is 0.0295. The fourth-order valence-electron chi connectivity index (χ4n) is 1.91. The number of ether oxygens (including phenoxy) is 1. The van der Waals surface area contributed by atoms with E-state index in [1.807, 2.05) is 21.0 Å². The summed E-state index contributed by atoms with van der Waals surface area (Å²) in [6, 6.07) is 0.0295. The molecule has 0 saturated heterocycles. The Hall–Kier alpha value is -0.460. The van der Waals surface area contributed by atoms with Crippen molar-refractivity contribution in [2.45, 2.75) is 32.4 Å². The van der Waals surface area contributed by atoms with Crippen molar-refractivity contribution in [2.24, 2.45) is 7.05 Å². The summed E-state index contributed by atoms with van der Waals surface area (Å²) < 4.78 is 8.27. The van der Waals surface area contributed by atoms with E-state index in [4.69, 9.17) is 4.74 Å². The molecule has 5 nitrogen and oxygen atoms in total. The number of hydrogen-bond acceptors (Lipinski definition) is 4. The first-order chi connectivity index (χ1) is 7.44. The lowest BCUT2D eigenvalue weighted by atomic mass is 9.96. The highest BCUT2D eigenvalue weighted by Gasteiger charge is 2.34. The second-order valence-electron chi connectivity index (χ2n) is 4.15. The number of aryl methyl sites for hydroxylation is 1. The van der Waals surface area contributed by atoms with E-state index < -0.39 is 0 Å². The monoisotopic (exact) mass is 290 g/mol. The molecule has 0 spiro atoms. The molecule has 0 aliphatic heterocycles. The Morgan fingerprint density at radius 2 is 2.19 bits per heavy atom. The molecule has 0 aliphatic carbocycles. The topological polar surface area (TPSA) is 52.0 Å². The molecule has 0 amide bonds. The normalized spacial score (nSPS) is 14.1. The molecule has 1 atom stereocenters. The first-order valence-electron chi connectivity index (χ1n) is 5.30. The minimum atomic E-state index is -0.318. The fourth-order valence-corrected chi connectivity index (χ4v) is 2.47. The van der Waals surface area contributed by atoms with Gasteiger partial charge in [-0.2, -0.15) is 0 Å². The first kappa shape index (κ1) is 13.6. The number of halogens is 1. The van der Waals surface area contributed by atoms with Crippen LogP contribution in [0.5, 0.6) is 0 Å². The highest BCUT2D eigenvalue weighted by atomic mass is 79.9. The van der Waals surface area contributed by atoms with Gasteiger partial charge in [-0.1, -0.05) is 5.21 Å². The molecule has 0 aromatic carbocycles. The second-order valence-corrected chi connectivity index (χ2v) is 4.90. The van der Waals surface area contributed by atoms with E-state index in [2.05, 4.69) is 45.4 Å². The SMILES string of the molecule is CCOC(C)(C)C(NC)c1c(Br)nnn1C. The Morgan fingerprint density at radius 1 is 1.56 bits per heavy atom.